The predicted molar refractivity (Wildman–Crippen MR) is 114 cm³/mol. The summed E-state index contributed by atoms with van der Waals surface area (Å²) in [6.07, 6.45) is 2.93. The Morgan fingerprint density at radius 3 is 2.77 bits per heavy atom. The van der Waals surface area contributed by atoms with Gasteiger partial charge in [0.05, 0.1) is 18.2 Å². The van der Waals surface area contributed by atoms with Crippen molar-refractivity contribution in [1.29, 1.82) is 0 Å². The lowest BCUT2D eigenvalue weighted by Crippen LogP contribution is -2.08. The highest BCUT2D eigenvalue weighted by molar-refractivity contribution is 6.32. The first-order chi connectivity index (χ1) is 14.4. The SMILES string of the molecule is COc1cc(/C=C/C(=O)Nc2cccc(-c3noc(=O)[nH]3)c2)cc(Cl)c1OC(C)C. The van der Waals surface area contributed by atoms with Crippen molar-refractivity contribution >= 4 is 29.3 Å². The first-order valence-electron chi connectivity index (χ1n) is 9.05. The van der Waals surface area contributed by atoms with Gasteiger partial charge in [0.15, 0.2) is 17.3 Å². The number of nitrogens with one attached hydrogen (secondary N) is 2. The van der Waals surface area contributed by atoms with Crippen LogP contribution in [0.3, 0.4) is 0 Å². The Kier molecular flexibility index (Phi) is 6.58. The lowest BCUT2D eigenvalue weighted by atomic mass is 10.1. The van der Waals surface area contributed by atoms with E-state index >= 15 is 0 Å². The second-order valence-corrected chi connectivity index (χ2v) is 6.95. The van der Waals surface area contributed by atoms with Gasteiger partial charge in [-0.2, -0.15) is 0 Å². The summed E-state index contributed by atoms with van der Waals surface area (Å²) in [4.78, 5) is 25.9. The molecular formula is C21H20ClN3O5. The summed E-state index contributed by atoms with van der Waals surface area (Å²) < 4.78 is 15.5. The number of methoxy groups -OCH3 is 1. The van der Waals surface area contributed by atoms with E-state index in [2.05, 4.69) is 20.0 Å². The largest absolute Gasteiger partial charge is 0.493 e. The molecule has 0 atom stereocenters. The Morgan fingerprint density at radius 2 is 2.10 bits per heavy atom. The number of anilines is 1. The smallest absolute Gasteiger partial charge is 0.439 e. The standard InChI is InChI=1S/C21H20ClN3O5/c1-12(2)29-19-16(22)9-13(10-17(19)28-3)7-8-18(26)23-15-6-4-5-14(11-15)20-24-21(27)30-25-20/h4-12H,1-3H3,(H,23,26)(H,24,25,27)/b8-7+. The lowest BCUT2D eigenvalue weighted by molar-refractivity contribution is -0.111. The van der Waals surface area contributed by atoms with Gasteiger partial charge in [-0.3, -0.25) is 14.3 Å². The highest BCUT2D eigenvalue weighted by atomic mass is 35.5. The predicted octanol–water partition coefficient (Wildman–Crippen LogP) is 4.13. The van der Waals surface area contributed by atoms with Gasteiger partial charge in [0.2, 0.25) is 5.91 Å². The summed E-state index contributed by atoms with van der Waals surface area (Å²) in [5.41, 5.74) is 1.80. The molecule has 156 valence electrons. The summed E-state index contributed by atoms with van der Waals surface area (Å²) in [6.45, 7) is 3.78. The van der Waals surface area contributed by atoms with Crippen LogP contribution in [0.15, 0.2) is 51.8 Å². The van der Waals surface area contributed by atoms with E-state index in [1.807, 2.05) is 13.8 Å². The Labute approximate surface area is 177 Å². The van der Waals surface area contributed by atoms with Crippen LogP contribution >= 0.6 is 11.6 Å². The van der Waals surface area contributed by atoms with Crippen molar-refractivity contribution in [3.8, 4) is 22.9 Å². The number of hydrogen-bond acceptors (Lipinski definition) is 6. The van der Waals surface area contributed by atoms with Crippen molar-refractivity contribution in [1.82, 2.24) is 10.1 Å². The summed E-state index contributed by atoms with van der Waals surface area (Å²) in [7, 11) is 1.52. The zero-order valence-corrected chi connectivity index (χ0v) is 17.3. The number of carbonyl (C=O) groups excluding carboxylic acids is 1. The molecule has 2 N–H and O–H groups in total. The Balaban J connectivity index is 1.73. The third kappa shape index (κ3) is 5.30. The van der Waals surface area contributed by atoms with E-state index in [4.69, 9.17) is 21.1 Å². The second kappa shape index (κ2) is 9.32. The summed E-state index contributed by atoms with van der Waals surface area (Å²) in [6, 6.07) is 10.2. The van der Waals surface area contributed by atoms with Crippen LogP contribution in [0.4, 0.5) is 5.69 Å². The van der Waals surface area contributed by atoms with Crippen molar-refractivity contribution in [3.63, 3.8) is 0 Å². The second-order valence-electron chi connectivity index (χ2n) is 6.55. The fraction of sp³-hybridized carbons (Fsp3) is 0.190. The van der Waals surface area contributed by atoms with Gasteiger partial charge in [-0.15, -0.1) is 0 Å². The molecule has 8 nitrogen and oxygen atoms in total. The number of H-pyrrole nitrogens is 1. The van der Waals surface area contributed by atoms with Crippen LogP contribution in [-0.2, 0) is 4.79 Å². The topological polar surface area (TPSA) is 106 Å². The molecule has 0 saturated carbocycles. The molecule has 3 rings (SSSR count). The van der Waals surface area contributed by atoms with Crippen LogP contribution in [0.1, 0.15) is 19.4 Å². The zero-order chi connectivity index (χ0) is 21.7. The maximum absolute atomic E-state index is 12.3. The van der Waals surface area contributed by atoms with Crippen molar-refractivity contribution in [2.75, 3.05) is 12.4 Å². The van der Waals surface area contributed by atoms with Gasteiger partial charge in [-0.05, 0) is 49.8 Å². The Bertz CT molecular complexity index is 1130. The quantitative estimate of drug-likeness (QED) is 0.547. The van der Waals surface area contributed by atoms with Crippen LogP contribution in [0.2, 0.25) is 5.02 Å². The van der Waals surface area contributed by atoms with E-state index in [-0.39, 0.29) is 17.8 Å². The number of hydrogen-bond donors (Lipinski definition) is 2. The van der Waals surface area contributed by atoms with Crippen LogP contribution in [0, 0.1) is 0 Å². The van der Waals surface area contributed by atoms with Gasteiger partial charge < -0.3 is 14.8 Å². The number of ether oxygens (including phenoxy) is 2. The lowest BCUT2D eigenvalue weighted by Gasteiger charge is -2.15. The van der Waals surface area contributed by atoms with Crippen molar-refractivity contribution < 1.29 is 18.8 Å². The number of amides is 1. The maximum atomic E-state index is 12.3. The number of aromatic amines is 1. The minimum Gasteiger partial charge on any atom is -0.493 e. The molecule has 1 amide bonds. The van der Waals surface area contributed by atoms with E-state index < -0.39 is 5.76 Å². The monoisotopic (exact) mass is 429 g/mol. The first-order valence-corrected chi connectivity index (χ1v) is 9.43. The van der Waals surface area contributed by atoms with E-state index in [9.17, 15) is 9.59 Å². The molecule has 30 heavy (non-hydrogen) atoms. The first kappa shape index (κ1) is 21.2. The molecule has 9 heteroatoms. The van der Waals surface area contributed by atoms with Gasteiger partial charge in [0.25, 0.3) is 0 Å². The van der Waals surface area contributed by atoms with Gasteiger partial charge in [-0.1, -0.05) is 28.9 Å². The van der Waals surface area contributed by atoms with Crippen LogP contribution in [0.5, 0.6) is 11.5 Å². The molecule has 0 fully saturated rings. The molecule has 0 spiro atoms. The highest BCUT2D eigenvalue weighted by Crippen LogP contribution is 2.37. The molecule has 0 aliphatic carbocycles. The number of carbonyl (C=O) groups is 1. The van der Waals surface area contributed by atoms with Crippen molar-refractivity contribution in [3.05, 3.63) is 63.6 Å². The molecule has 3 aromatic rings. The molecule has 0 bridgehead atoms. The third-order valence-corrected chi connectivity index (χ3v) is 4.16. The molecule has 2 aromatic carbocycles. The van der Waals surface area contributed by atoms with Gasteiger partial charge in [0.1, 0.15) is 0 Å². The van der Waals surface area contributed by atoms with Crippen molar-refractivity contribution in [2.45, 2.75) is 20.0 Å². The minimum atomic E-state index is -0.652. The molecule has 0 aliphatic heterocycles. The molecule has 0 aliphatic rings. The van der Waals surface area contributed by atoms with Gasteiger partial charge >= 0.3 is 5.76 Å². The molecule has 1 aromatic heterocycles. The van der Waals surface area contributed by atoms with Crippen LogP contribution in [0.25, 0.3) is 17.5 Å². The normalized spacial score (nSPS) is 11.1. The maximum Gasteiger partial charge on any atom is 0.439 e. The van der Waals surface area contributed by atoms with E-state index in [1.54, 1.807) is 42.5 Å². The van der Waals surface area contributed by atoms with Crippen LogP contribution in [-0.4, -0.2) is 29.3 Å². The Morgan fingerprint density at radius 1 is 1.30 bits per heavy atom. The number of nitrogens with zero attached hydrogens (tertiary/aromatic N) is 1. The van der Waals surface area contributed by atoms with Gasteiger partial charge in [-0.25, -0.2) is 4.79 Å². The molecular weight excluding hydrogens is 410 g/mol. The third-order valence-electron chi connectivity index (χ3n) is 3.88. The molecule has 1 heterocycles. The summed E-state index contributed by atoms with van der Waals surface area (Å²) in [5, 5.41) is 6.76. The highest BCUT2D eigenvalue weighted by Gasteiger charge is 2.13. The number of halogens is 1. The van der Waals surface area contributed by atoms with Crippen molar-refractivity contribution in [2.24, 2.45) is 0 Å². The molecule has 0 unspecified atom stereocenters. The van der Waals surface area contributed by atoms with E-state index in [1.165, 1.54) is 13.2 Å². The summed E-state index contributed by atoms with van der Waals surface area (Å²) in [5.74, 6) is 0.209. The zero-order valence-electron chi connectivity index (χ0n) is 16.6. The number of benzene rings is 2. The van der Waals surface area contributed by atoms with E-state index in [0.29, 0.717) is 33.3 Å². The van der Waals surface area contributed by atoms with Crippen LogP contribution < -0.4 is 20.5 Å². The Hall–Kier alpha value is -3.52. The number of rotatable bonds is 7. The van der Waals surface area contributed by atoms with Gasteiger partial charge in [0, 0.05) is 17.3 Å². The fourth-order valence-corrected chi connectivity index (χ4v) is 2.90. The molecule has 0 radical (unpaired) electrons. The molecule has 0 saturated heterocycles. The average molecular weight is 430 g/mol. The minimum absolute atomic E-state index is 0.0607. The average Bonchev–Trinajstić information content (AvgIpc) is 3.14. The van der Waals surface area contributed by atoms with E-state index in [0.717, 1.165) is 0 Å². The summed E-state index contributed by atoms with van der Waals surface area (Å²) >= 11 is 6.30. The number of aromatic nitrogens is 2. The fourth-order valence-electron chi connectivity index (χ4n) is 2.64.